The molecule has 0 bridgehead atoms. The average molecular weight is 252 g/mol. The maximum atomic E-state index is 9.12. The van der Waals surface area contributed by atoms with Gasteiger partial charge in [0.2, 0.25) is 0 Å². The van der Waals surface area contributed by atoms with Crippen LogP contribution in [0.3, 0.4) is 0 Å². The van der Waals surface area contributed by atoms with E-state index in [1.807, 2.05) is 0 Å². The van der Waals surface area contributed by atoms with Crippen LogP contribution in [-0.4, -0.2) is 65.3 Å². The van der Waals surface area contributed by atoms with Crippen molar-refractivity contribution < 1.29 is 15.3 Å². The number of thioether (sulfide) groups is 1. The lowest BCUT2D eigenvalue weighted by Crippen LogP contribution is -2.29. The molecule has 0 spiro atoms. The summed E-state index contributed by atoms with van der Waals surface area (Å²) in [6.45, 7) is 1.95. The van der Waals surface area contributed by atoms with E-state index in [9.17, 15) is 0 Å². The van der Waals surface area contributed by atoms with E-state index in [1.54, 1.807) is 11.8 Å². The zero-order chi connectivity index (χ0) is 12.2. The van der Waals surface area contributed by atoms with Crippen LogP contribution in [0.5, 0.6) is 0 Å². The van der Waals surface area contributed by atoms with E-state index >= 15 is 0 Å². The van der Waals surface area contributed by atoms with Crippen molar-refractivity contribution in [2.75, 3.05) is 38.7 Å². The van der Waals surface area contributed by atoms with Gasteiger partial charge < -0.3 is 26.4 Å². The topological polar surface area (TPSA) is 98.7 Å². The van der Waals surface area contributed by atoms with E-state index in [0.717, 1.165) is 25.9 Å². The van der Waals surface area contributed by atoms with Crippen LogP contribution < -0.4 is 11.1 Å². The van der Waals surface area contributed by atoms with Gasteiger partial charge in [0.05, 0.1) is 13.2 Å². The number of rotatable bonds is 11. The molecule has 0 amide bonds. The molecule has 98 valence electrons. The molecule has 0 radical (unpaired) electrons. The molecular weight excluding hydrogens is 228 g/mol. The van der Waals surface area contributed by atoms with Gasteiger partial charge in [0, 0.05) is 23.7 Å². The molecule has 0 aromatic carbocycles. The van der Waals surface area contributed by atoms with E-state index in [2.05, 4.69) is 5.32 Å². The highest BCUT2D eigenvalue weighted by Gasteiger charge is 2.09. The SMILES string of the molecule is N[C@@H](CO)CSC(CO)CCNCCCO. The van der Waals surface area contributed by atoms with Gasteiger partial charge in [-0.1, -0.05) is 0 Å². The van der Waals surface area contributed by atoms with Gasteiger partial charge in [-0.25, -0.2) is 0 Å². The third kappa shape index (κ3) is 9.38. The molecule has 5 nitrogen and oxygen atoms in total. The summed E-state index contributed by atoms with van der Waals surface area (Å²) in [7, 11) is 0. The molecule has 0 fully saturated rings. The minimum Gasteiger partial charge on any atom is -0.396 e. The second-order valence-corrected chi connectivity index (χ2v) is 5.03. The Kier molecular flexibility index (Phi) is 11.7. The fraction of sp³-hybridized carbons (Fsp3) is 1.00. The van der Waals surface area contributed by atoms with Crippen LogP contribution in [0.15, 0.2) is 0 Å². The Morgan fingerprint density at radius 3 is 2.44 bits per heavy atom. The van der Waals surface area contributed by atoms with Crippen LogP contribution >= 0.6 is 11.8 Å². The first-order chi connectivity index (χ1) is 7.74. The molecule has 6 heteroatoms. The van der Waals surface area contributed by atoms with Gasteiger partial charge in [-0.05, 0) is 25.9 Å². The van der Waals surface area contributed by atoms with Crippen molar-refractivity contribution in [2.24, 2.45) is 5.73 Å². The Morgan fingerprint density at radius 1 is 1.12 bits per heavy atom. The Bertz CT molecular complexity index is 152. The molecule has 0 rings (SSSR count). The third-order valence-electron chi connectivity index (χ3n) is 2.14. The van der Waals surface area contributed by atoms with Crippen molar-refractivity contribution in [1.29, 1.82) is 0 Å². The van der Waals surface area contributed by atoms with Crippen molar-refractivity contribution in [2.45, 2.75) is 24.1 Å². The Morgan fingerprint density at radius 2 is 1.88 bits per heavy atom. The van der Waals surface area contributed by atoms with Crippen molar-refractivity contribution in [1.82, 2.24) is 5.32 Å². The molecule has 2 atom stereocenters. The summed E-state index contributed by atoms with van der Waals surface area (Å²) >= 11 is 1.59. The average Bonchev–Trinajstić information content (AvgIpc) is 2.32. The highest BCUT2D eigenvalue weighted by Crippen LogP contribution is 2.14. The normalized spacial score (nSPS) is 15.0. The van der Waals surface area contributed by atoms with E-state index in [4.69, 9.17) is 21.1 Å². The summed E-state index contributed by atoms with van der Waals surface area (Å²) in [4.78, 5) is 0. The molecule has 6 N–H and O–H groups in total. The van der Waals surface area contributed by atoms with Crippen LogP contribution in [0.25, 0.3) is 0 Å². The summed E-state index contributed by atoms with van der Waals surface area (Å²) in [6, 6.07) is -0.207. The van der Waals surface area contributed by atoms with E-state index < -0.39 is 0 Å². The lowest BCUT2D eigenvalue weighted by Gasteiger charge is -2.16. The summed E-state index contributed by atoms with van der Waals surface area (Å²) in [5, 5.41) is 29.8. The van der Waals surface area contributed by atoms with E-state index in [1.165, 1.54) is 0 Å². The van der Waals surface area contributed by atoms with Crippen LogP contribution in [0.4, 0.5) is 0 Å². The maximum absolute atomic E-state index is 9.12. The summed E-state index contributed by atoms with van der Waals surface area (Å²) < 4.78 is 0. The molecule has 0 saturated heterocycles. The van der Waals surface area contributed by atoms with Gasteiger partial charge in [-0.3, -0.25) is 0 Å². The first kappa shape index (κ1) is 16.1. The predicted molar refractivity (Wildman–Crippen MR) is 67.6 cm³/mol. The Balaban J connectivity index is 3.43. The monoisotopic (exact) mass is 252 g/mol. The fourth-order valence-electron chi connectivity index (χ4n) is 1.13. The van der Waals surface area contributed by atoms with Gasteiger partial charge in [0.15, 0.2) is 0 Å². The minimum absolute atomic E-state index is 0.0140. The molecule has 0 aromatic rings. The zero-order valence-corrected chi connectivity index (χ0v) is 10.5. The van der Waals surface area contributed by atoms with Gasteiger partial charge in [-0.15, -0.1) is 0 Å². The lowest BCUT2D eigenvalue weighted by atomic mass is 10.3. The number of hydrogen-bond donors (Lipinski definition) is 5. The first-order valence-electron chi connectivity index (χ1n) is 5.65. The number of nitrogens with two attached hydrogens (primary N) is 1. The van der Waals surface area contributed by atoms with E-state index in [-0.39, 0.29) is 31.1 Å². The predicted octanol–water partition coefficient (Wildman–Crippen LogP) is -1.24. The molecule has 0 heterocycles. The highest BCUT2D eigenvalue weighted by atomic mass is 32.2. The van der Waals surface area contributed by atoms with Gasteiger partial charge in [0.25, 0.3) is 0 Å². The van der Waals surface area contributed by atoms with Crippen molar-refractivity contribution in [3.05, 3.63) is 0 Å². The summed E-state index contributed by atoms with van der Waals surface area (Å²) in [5.74, 6) is 0.665. The summed E-state index contributed by atoms with van der Waals surface area (Å²) in [6.07, 6.45) is 1.62. The molecule has 0 aliphatic heterocycles. The Labute approximate surface area is 101 Å². The minimum atomic E-state index is -0.207. The van der Waals surface area contributed by atoms with Gasteiger partial charge in [-0.2, -0.15) is 11.8 Å². The van der Waals surface area contributed by atoms with Crippen LogP contribution in [0.2, 0.25) is 0 Å². The molecular formula is C10H24N2O3S. The second kappa shape index (κ2) is 11.6. The largest absolute Gasteiger partial charge is 0.396 e. The Hall–Kier alpha value is 0.150. The fourth-order valence-corrected chi connectivity index (χ4v) is 2.15. The molecule has 1 unspecified atom stereocenters. The molecule has 16 heavy (non-hydrogen) atoms. The molecule has 0 saturated carbocycles. The zero-order valence-electron chi connectivity index (χ0n) is 9.64. The van der Waals surface area contributed by atoms with Crippen molar-refractivity contribution in [3.63, 3.8) is 0 Å². The second-order valence-electron chi connectivity index (χ2n) is 3.70. The quantitative estimate of drug-likeness (QED) is 0.295. The number of hydrogen-bond acceptors (Lipinski definition) is 6. The molecule has 0 aliphatic rings. The first-order valence-corrected chi connectivity index (χ1v) is 6.70. The maximum Gasteiger partial charge on any atom is 0.0590 e. The highest BCUT2D eigenvalue weighted by molar-refractivity contribution is 7.99. The summed E-state index contributed by atoms with van der Waals surface area (Å²) in [5.41, 5.74) is 5.57. The smallest absolute Gasteiger partial charge is 0.0590 e. The van der Waals surface area contributed by atoms with E-state index in [0.29, 0.717) is 5.75 Å². The van der Waals surface area contributed by atoms with Crippen molar-refractivity contribution in [3.8, 4) is 0 Å². The van der Waals surface area contributed by atoms with Crippen LogP contribution in [-0.2, 0) is 0 Å². The number of aliphatic hydroxyl groups excluding tert-OH is 3. The van der Waals surface area contributed by atoms with Crippen molar-refractivity contribution >= 4 is 11.8 Å². The van der Waals surface area contributed by atoms with Crippen LogP contribution in [0.1, 0.15) is 12.8 Å². The number of aliphatic hydroxyl groups is 3. The lowest BCUT2D eigenvalue weighted by molar-refractivity contribution is 0.273. The molecule has 0 aromatic heterocycles. The molecule has 0 aliphatic carbocycles. The standard InChI is InChI=1S/C10H24N2O3S/c11-9(6-14)8-16-10(7-15)2-4-12-3-1-5-13/h9-10,12-15H,1-8,11H2/t9-,10?/m0/s1. The third-order valence-corrected chi connectivity index (χ3v) is 3.62. The van der Waals surface area contributed by atoms with Gasteiger partial charge >= 0.3 is 0 Å². The van der Waals surface area contributed by atoms with Gasteiger partial charge in [0.1, 0.15) is 0 Å². The van der Waals surface area contributed by atoms with Crippen LogP contribution in [0, 0.1) is 0 Å². The number of nitrogens with one attached hydrogen (secondary N) is 1.